The van der Waals surface area contributed by atoms with E-state index in [1.165, 1.54) is 11.6 Å². The molecule has 0 heterocycles. The molecule has 2 rings (SSSR count). The van der Waals surface area contributed by atoms with Crippen LogP contribution in [0.15, 0.2) is 42.5 Å². The van der Waals surface area contributed by atoms with E-state index in [1.54, 1.807) is 12.1 Å². The summed E-state index contributed by atoms with van der Waals surface area (Å²) in [6.07, 6.45) is -3.97. The van der Waals surface area contributed by atoms with Crippen LogP contribution in [0.5, 0.6) is 0 Å². The molecule has 0 aromatic heterocycles. The first-order valence-corrected chi connectivity index (χ1v) is 9.40. The minimum atomic E-state index is -3.35. The first kappa shape index (κ1) is 22.7. The van der Waals surface area contributed by atoms with Gasteiger partial charge < -0.3 is 20.1 Å². The molecule has 0 bridgehead atoms. The third kappa shape index (κ3) is 5.96. The molecule has 0 saturated heterocycles. The van der Waals surface area contributed by atoms with Gasteiger partial charge in [0.05, 0.1) is 6.61 Å². The van der Waals surface area contributed by atoms with Crippen LogP contribution in [0.1, 0.15) is 42.2 Å². The van der Waals surface area contributed by atoms with Crippen molar-refractivity contribution < 1.29 is 28.8 Å². The Morgan fingerprint density at radius 2 is 1.68 bits per heavy atom. The molecule has 3 N–H and O–H groups in total. The van der Waals surface area contributed by atoms with Crippen LogP contribution in [-0.4, -0.2) is 40.2 Å². The fraction of sp³-hybridized carbons (Fsp3) is 0.429. The SMILES string of the molecule is CCc1ccc(Cc2cc(C(OC(CO)C(C)(F)F)C(O)O)ccc2Cl)cc1. The molecule has 0 aliphatic carbocycles. The van der Waals surface area contributed by atoms with Gasteiger partial charge in [-0.3, -0.25) is 0 Å². The van der Waals surface area contributed by atoms with E-state index in [9.17, 15) is 24.1 Å². The predicted octanol–water partition coefficient (Wildman–Crippen LogP) is 3.88. The largest absolute Gasteiger partial charge is 0.393 e. The molecule has 28 heavy (non-hydrogen) atoms. The van der Waals surface area contributed by atoms with Crippen molar-refractivity contribution >= 4 is 11.6 Å². The van der Waals surface area contributed by atoms with Gasteiger partial charge in [-0.15, -0.1) is 0 Å². The predicted molar refractivity (Wildman–Crippen MR) is 104 cm³/mol. The highest BCUT2D eigenvalue weighted by molar-refractivity contribution is 6.31. The highest BCUT2D eigenvalue weighted by Crippen LogP contribution is 2.31. The van der Waals surface area contributed by atoms with Gasteiger partial charge in [0, 0.05) is 11.9 Å². The van der Waals surface area contributed by atoms with Crippen molar-refractivity contribution in [1.29, 1.82) is 0 Å². The maximum atomic E-state index is 13.5. The average molecular weight is 415 g/mol. The lowest BCUT2D eigenvalue weighted by Crippen LogP contribution is -2.39. The summed E-state index contributed by atoms with van der Waals surface area (Å²) in [7, 11) is 0. The van der Waals surface area contributed by atoms with E-state index in [1.807, 2.05) is 24.3 Å². The summed E-state index contributed by atoms with van der Waals surface area (Å²) in [5, 5.41) is 29.0. The number of aliphatic hydroxyl groups excluding tert-OH is 2. The Morgan fingerprint density at radius 3 is 2.18 bits per heavy atom. The Balaban J connectivity index is 2.29. The lowest BCUT2D eigenvalue weighted by molar-refractivity contribution is -0.219. The number of hydrogen-bond acceptors (Lipinski definition) is 4. The van der Waals surface area contributed by atoms with Gasteiger partial charge in [0.15, 0.2) is 6.29 Å². The highest BCUT2D eigenvalue weighted by atomic mass is 35.5. The maximum Gasteiger partial charge on any atom is 0.273 e. The van der Waals surface area contributed by atoms with E-state index in [2.05, 4.69) is 6.92 Å². The van der Waals surface area contributed by atoms with Gasteiger partial charge >= 0.3 is 0 Å². The fourth-order valence-electron chi connectivity index (χ4n) is 2.84. The second-order valence-electron chi connectivity index (χ2n) is 6.80. The molecule has 0 aliphatic rings. The Hall–Kier alpha value is -1.57. The van der Waals surface area contributed by atoms with Crippen LogP contribution in [0.4, 0.5) is 8.78 Å². The van der Waals surface area contributed by atoms with Gasteiger partial charge in [-0.2, -0.15) is 0 Å². The summed E-state index contributed by atoms with van der Waals surface area (Å²) in [4.78, 5) is 0. The second kappa shape index (κ2) is 9.76. The zero-order valence-corrected chi connectivity index (χ0v) is 16.5. The van der Waals surface area contributed by atoms with Crippen LogP contribution >= 0.6 is 11.6 Å². The molecule has 7 heteroatoms. The number of alkyl halides is 2. The van der Waals surface area contributed by atoms with Crippen molar-refractivity contribution in [3.8, 4) is 0 Å². The molecule has 4 nitrogen and oxygen atoms in total. The molecular formula is C21H25ClF2O4. The van der Waals surface area contributed by atoms with E-state index in [0.717, 1.165) is 12.0 Å². The number of ether oxygens (including phenoxy) is 1. The molecular weight excluding hydrogens is 390 g/mol. The molecule has 0 fully saturated rings. The third-order valence-electron chi connectivity index (χ3n) is 4.54. The van der Waals surface area contributed by atoms with Gasteiger partial charge in [0.2, 0.25) is 0 Å². The van der Waals surface area contributed by atoms with E-state index in [-0.39, 0.29) is 5.56 Å². The number of halogens is 3. The molecule has 2 aromatic carbocycles. The lowest BCUT2D eigenvalue weighted by atomic mass is 9.99. The van der Waals surface area contributed by atoms with Gasteiger partial charge in [-0.25, -0.2) is 8.78 Å². The summed E-state index contributed by atoms with van der Waals surface area (Å²) in [6, 6.07) is 12.6. The Labute approximate surface area is 168 Å². The lowest BCUT2D eigenvalue weighted by Gasteiger charge is -2.29. The van der Waals surface area contributed by atoms with Crippen LogP contribution in [0.25, 0.3) is 0 Å². The molecule has 2 aromatic rings. The number of hydrogen-bond donors (Lipinski definition) is 3. The van der Waals surface area contributed by atoms with Crippen molar-refractivity contribution in [1.82, 2.24) is 0 Å². The van der Waals surface area contributed by atoms with Crippen LogP contribution in [0, 0.1) is 0 Å². The standard InChI is InChI=1S/C21H25ClF2O4/c1-3-13-4-6-14(7-5-13)10-16-11-15(8-9-17(16)22)19(20(26)27)28-18(12-25)21(2,23)24/h4-9,11,18-20,25-27H,3,10,12H2,1-2H3. The highest BCUT2D eigenvalue weighted by Gasteiger charge is 2.38. The minimum Gasteiger partial charge on any atom is -0.393 e. The summed E-state index contributed by atoms with van der Waals surface area (Å²) in [5.41, 5.74) is 3.19. The summed E-state index contributed by atoms with van der Waals surface area (Å²) >= 11 is 6.27. The van der Waals surface area contributed by atoms with Gasteiger partial charge in [-0.1, -0.05) is 54.9 Å². The molecule has 2 unspecified atom stereocenters. The second-order valence-corrected chi connectivity index (χ2v) is 7.20. The number of rotatable bonds is 9. The summed E-state index contributed by atoms with van der Waals surface area (Å²) in [6.45, 7) is 1.70. The average Bonchev–Trinajstić information content (AvgIpc) is 2.64. The van der Waals surface area contributed by atoms with E-state index in [4.69, 9.17) is 16.3 Å². The number of aliphatic hydroxyl groups is 3. The number of benzene rings is 2. The normalized spacial score (nSPS) is 14.3. The van der Waals surface area contributed by atoms with Gasteiger partial charge in [0.1, 0.15) is 12.2 Å². The van der Waals surface area contributed by atoms with Crippen LogP contribution < -0.4 is 0 Å². The smallest absolute Gasteiger partial charge is 0.273 e. The van der Waals surface area contributed by atoms with Gasteiger partial charge in [0.25, 0.3) is 5.92 Å². The molecule has 2 atom stereocenters. The Morgan fingerprint density at radius 1 is 1.07 bits per heavy atom. The fourth-order valence-corrected chi connectivity index (χ4v) is 3.02. The first-order chi connectivity index (χ1) is 13.2. The first-order valence-electron chi connectivity index (χ1n) is 9.02. The topological polar surface area (TPSA) is 69.9 Å². The van der Waals surface area contributed by atoms with E-state index >= 15 is 0 Å². The van der Waals surface area contributed by atoms with Crippen molar-refractivity contribution in [2.45, 2.75) is 51.1 Å². The molecule has 0 amide bonds. The molecule has 0 radical (unpaired) electrons. The zero-order chi connectivity index (χ0) is 20.9. The van der Waals surface area contributed by atoms with E-state index in [0.29, 0.717) is 23.9 Å². The molecule has 0 saturated carbocycles. The summed E-state index contributed by atoms with van der Waals surface area (Å²) in [5.74, 6) is -3.35. The van der Waals surface area contributed by atoms with Crippen molar-refractivity contribution in [3.05, 3.63) is 69.7 Å². The van der Waals surface area contributed by atoms with E-state index < -0.39 is 31.0 Å². The minimum absolute atomic E-state index is 0.280. The Bertz CT molecular complexity index is 760. The van der Waals surface area contributed by atoms with Crippen molar-refractivity contribution in [3.63, 3.8) is 0 Å². The Kier molecular flexibility index (Phi) is 7.92. The third-order valence-corrected chi connectivity index (χ3v) is 4.91. The molecule has 0 spiro atoms. The van der Waals surface area contributed by atoms with Crippen molar-refractivity contribution in [2.24, 2.45) is 0 Å². The molecule has 154 valence electrons. The monoisotopic (exact) mass is 414 g/mol. The van der Waals surface area contributed by atoms with Gasteiger partial charge in [-0.05, 0) is 41.2 Å². The zero-order valence-electron chi connectivity index (χ0n) is 15.8. The summed E-state index contributed by atoms with van der Waals surface area (Å²) < 4.78 is 32.2. The van der Waals surface area contributed by atoms with Crippen LogP contribution in [0.3, 0.4) is 0 Å². The molecule has 0 aliphatic heterocycles. The quantitative estimate of drug-likeness (QED) is 0.545. The van der Waals surface area contributed by atoms with Crippen LogP contribution in [-0.2, 0) is 17.6 Å². The number of aryl methyl sites for hydroxylation is 1. The van der Waals surface area contributed by atoms with Crippen LogP contribution in [0.2, 0.25) is 5.02 Å². The van der Waals surface area contributed by atoms with Crippen molar-refractivity contribution in [2.75, 3.05) is 6.61 Å². The maximum absolute atomic E-state index is 13.5.